The van der Waals surface area contributed by atoms with Crippen LogP contribution in [0.25, 0.3) is 33.1 Å². The first kappa shape index (κ1) is 13.5. The third-order valence-electron chi connectivity index (χ3n) is 4.04. The number of H-pyrrole nitrogens is 1. The highest BCUT2D eigenvalue weighted by atomic mass is 16.3. The monoisotopic (exact) mass is 302 g/mol. The van der Waals surface area contributed by atoms with Crippen LogP contribution >= 0.6 is 0 Å². The van der Waals surface area contributed by atoms with Gasteiger partial charge < -0.3 is 10.1 Å². The zero-order chi connectivity index (χ0) is 16.0. The van der Waals surface area contributed by atoms with Crippen LogP contribution in [0.4, 0.5) is 0 Å². The Kier molecular flexibility index (Phi) is 2.91. The number of ketones is 1. The minimum atomic E-state index is -0.00799. The van der Waals surface area contributed by atoms with Gasteiger partial charge in [-0.15, -0.1) is 0 Å². The highest BCUT2D eigenvalue weighted by Crippen LogP contribution is 2.36. The van der Waals surface area contributed by atoms with E-state index in [4.69, 9.17) is 0 Å². The fourth-order valence-electron chi connectivity index (χ4n) is 2.87. The average molecular weight is 302 g/mol. The zero-order valence-electron chi connectivity index (χ0n) is 12.5. The second-order valence-electron chi connectivity index (χ2n) is 5.55. The van der Waals surface area contributed by atoms with Crippen LogP contribution < -0.4 is 0 Å². The molecule has 2 aromatic carbocycles. The molecule has 112 valence electrons. The van der Waals surface area contributed by atoms with E-state index in [1.165, 1.54) is 6.92 Å². The molecule has 0 aliphatic heterocycles. The van der Waals surface area contributed by atoms with Crippen molar-refractivity contribution in [1.82, 2.24) is 9.97 Å². The Morgan fingerprint density at radius 2 is 1.91 bits per heavy atom. The molecule has 0 fully saturated rings. The van der Waals surface area contributed by atoms with E-state index < -0.39 is 0 Å². The summed E-state index contributed by atoms with van der Waals surface area (Å²) >= 11 is 0. The van der Waals surface area contributed by atoms with Gasteiger partial charge in [0, 0.05) is 21.9 Å². The third kappa shape index (κ3) is 2.16. The molecular weight excluding hydrogens is 288 g/mol. The van der Waals surface area contributed by atoms with Gasteiger partial charge in [-0.2, -0.15) is 0 Å². The number of nitrogens with one attached hydrogen (secondary N) is 1. The largest absolute Gasteiger partial charge is 0.494 e. The number of hydrogen-bond donors (Lipinski definition) is 2. The van der Waals surface area contributed by atoms with E-state index in [0.717, 1.165) is 21.8 Å². The molecule has 0 saturated heterocycles. The smallest absolute Gasteiger partial charge is 0.199 e. The van der Waals surface area contributed by atoms with Gasteiger partial charge in [-0.05, 0) is 25.1 Å². The summed E-state index contributed by atoms with van der Waals surface area (Å²) < 4.78 is 0. The lowest BCUT2D eigenvalue weighted by molar-refractivity contribution is 0.101. The number of Topliss-reactive ketones (excluding diaryl/α,β-unsaturated/α-hetero) is 1. The van der Waals surface area contributed by atoms with Gasteiger partial charge in [0.1, 0.15) is 0 Å². The van der Waals surface area contributed by atoms with E-state index in [1.54, 1.807) is 12.1 Å². The van der Waals surface area contributed by atoms with Crippen LogP contribution in [0.15, 0.2) is 54.6 Å². The summed E-state index contributed by atoms with van der Waals surface area (Å²) in [7, 11) is 0. The topological polar surface area (TPSA) is 66.0 Å². The molecule has 4 heteroatoms. The molecule has 0 aliphatic carbocycles. The standard InChI is InChI=1S/C19H14N2O2/c1-11(22)13-6-8-14-17(10-13)21-19(23)18(14)16-9-7-12-4-2-3-5-15(12)20-16/h2-10,21,23H,1H3. The van der Waals surface area contributed by atoms with E-state index in [9.17, 15) is 9.90 Å². The summed E-state index contributed by atoms with van der Waals surface area (Å²) in [5.41, 5.74) is 3.56. The molecule has 0 saturated carbocycles. The zero-order valence-corrected chi connectivity index (χ0v) is 12.5. The first-order valence-electron chi connectivity index (χ1n) is 7.35. The highest BCUT2D eigenvalue weighted by Gasteiger charge is 2.15. The number of hydrogen-bond acceptors (Lipinski definition) is 3. The van der Waals surface area contributed by atoms with Crippen molar-refractivity contribution in [1.29, 1.82) is 0 Å². The average Bonchev–Trinajstić information content (AvgIpc) is 2.89. The quantitative estimate of drug-likeness (QED) is 0.543. The van der Waals surface area contributed by atoms with Gasteiger partial charge in [-0.3, -0.25) is 4.79 Å². The molecule has 4 nitrogen and oxygen atoms in total. The van der Waals surface area contributed by atoms with Gasteiger partial charge in [0.25, 0.3) is 0 Å². The van der Waals surface area contributed by atoms with Crippen LogP contribution in [-0.4, -0.2) is 20.9 Å². The SMILES string of the molecule is CC(=O)c1ccc2c(-c3ccc4ccccc4n3)c(O)[nH]c2c1. The molecule has 2 aromatic heterocycles. The molecular formula is C19H14N2O2. The lowest BCUT2D eigenvalue weighted by Crippen LogP contribution is -1.90. The Labute approximate surface area is 132 Å². The number of para-hydroxylation sites is 1. The van der Waals surface area contributed by atoms with Crippen LogP contribution in [0.5, 0.6) is 5.88 Å². The van der Waals surface area contributed by atoms with E-state index in [0.29, 0.717) is 16.8 Å². The Bertz CT molecular complexity index is 1060. The predicted octanol–water partition coefficient (Wildman–Crippen LogP) is 4.29. The fourth-order valence-corrected chi connectivity index (χ4v) is 2.87. The van der Waals surface area contributed by atoms with E-state index in [1.807, 2.05) is 42.5 Å². The van der Waals surface area contributed by atoms with Gasteiger partial charge in [0.15, 0.2) is 11.7 Å². The summed E-state index contributed by atoms with van der Waals surface area (Å²) in [4.78, 5) is 19.1. The number of rotatable bonds is 2. The minimum Gasteiger partial charge on any atom is -0.494 e. The lowest BCUT2D eigenvalue weighted by Gasteiger charge is -2.03. The minimum absolute atomic E-state index is 0.00799. The number of aromatic hydroxyl groups is 1. The van der Waals surface area contributed by atoms with Gasteiger partial charge in [0.05, 0.1) is 16.8 Å². The number of pyridine rings is 1. The number of benzene rings is 2. The molecule has 0 atom stereocenters. The summed E-state index contributed by atoms with van der Waals surface area (Å²) in [5, 5.41) is 12.2. The lowest BCUT2D eigenvalue weighted by atomic mass is 10.0. The third-order valence-corrected chi connectivity index (χ3v) is 4.04. The van der Waals surface area contributed by atoms with Gasteiger partial charge in [-0.25, -0.2) is 4.98 Å². The van der Waals surface area contributed by atoms with E-state index >= 15 is 0 Å². The number of aromatic amines is 1. The highest BCUT2D eigenvalue weighted by molar-refractivity contribution is 6.03. The Balaban J connectivity index is 1.96. The van der Waals surface area contributed by atoms with Crippen LogP contribution in [-0.2, 0) is 0 Å². The molecule has 0 unspecified atom stereocenters. The maximum atomic E-state index is 11.5. The first-order chi connectivity index (χ1) is 11.1. The second kappa shape index (κ2) is 4.95. The van der Waals surface area contributed by atoms with Crippen molar-refractivity contribution in [3.63, 3.8) is 0 Å². The molecule has 2 N–H and O–H groups in total. The fraction of sp³-hybridized carbons (Fsp3) is 0.0526. The summed E-state index contributed by atoms with van der Waals surface area (Å²) in [5.74, 6) is 0.0508. The van der Waals surface area contributed by atoms with Crippen molar-refractivity contribution in [3.8, 4) is 17.1 Å². The number of carbonyl (C=O) groups is 1. The van der Waals surface area contributed by atoms with Crippen molar-refractivity contribution in [2.24, 2.45) is 0 Å². The van der Waals surface area contributed by atoms with Crippen LogP contribution in [0.3, 0.4) is 0 Å². The maximum absolute atomic E-state index is 11.5. The molecule has 4 aromatic rings. The van der Waals surface area contributed by atoms with E-state index in [-0.39, 0.29) is 11.7 Å². The normalized spacial score (nSPS) is 11.2. The van der Waals surface area contributed by atoms with Crippen LogP contribution in [0.2, 0.25) is 0 Å². The molecule has 4 rings (SSSR count). The maximum Gasteiger partial charge on any atom is 0.199 e. The van der Waals surface area contributed by atoms with Crippen molar-refractivity contribution >= 4 is 27.6 Å². The number of carbonyl (C=O) groups excluding carboxylic acids is 1. The Morgan fingerprint density at radius 3 is 2.74 bits per heavy atom. The van der Waals surface area contributed by atoms with E-state index in [2.05, 4.69) is 9.97 Å². The second-order valence-corrected chi connectivity index (χ2v) is 5.55. The molecule has 0 radical (unpaired) electrons. The summed E-state index contributed by atoms with van der Waals surface area (Å²) in [6, 6.07) is 17.1. The molecule has 0 aliphatic rings. The molecule has 23 heavy (non-hydrogen) atoms. The number of nitrogens with zero attached hydrogens (tertiary/aromatic N) is 1. The summed E-state index contributed by atoms with van der Waals surface area (Å²) in [6.07, 6.45) is 0. The van der Waals surface area contributed by atoms with Gasteiger partial charge >= 0.3 is 0 Å². The first-order valence-corrected chi connectivity index (χ1v) is 7.35. The number of aromatic nitrogens is 2. The molecule has 2 heterocycles. The van der Waals surface area contributed by atoms with Crippen LogP contribution in [0, 0.1) is 0 Å². The molecule has 0 spiro atoms. The van der Waals surface area contributed by atoms with Gasteiger partial charge in [-0.1, -0.05) is 36.4 Å². The van der Waals surface area contributed by atoms with Crippen molar-refractivity contribution in [2.75, 3.05) is 0 Å². The van der Waals surface area contributed by atoms with Crippen molar-refractivity contribution in [2.45, 2.75) is 6.92 Å². The van der Waals surface area contributed by atoms with Crippen LogP contribution in [0.1, 0.15) is 17.3 Å². The Morgan fingerprint density at radius 1 is 1.09 bits per heavy atom. The Hall–Kier alpha value is -3.14. The summed E-state index contributed by atoms with van der Waals surface area (Å²) in [6.45, 7) is 1.52. The molecule has 0 bridgehead atoms. The van der Waals surface area contributed by atoms with Crippen molar-refractivity contribution < 1.29 is 9.90 Å². The van der Waals surface area contributed by atoms with Gasteiger partial charge in [0.2, 0.25) is 0 Å². The predicted molar refractivity (Wildman–Crippen MR) is 90.7 cm³/mol. The number of fused-ring (bicyclic) bond motifs is 2. The molecule has 0 amide bonds. The van der Waals surface area contributed by atoms with Crippen molar-refractivity contribution in [3.05, 3.63) is 60.2 Å².